The summed E-state index contributed by atoms with van der Waals surface area (Å²) in [7, 11) is 1.68. The van der Waals surface area contributed by atoms with Crippen molar-refractivity contribution in [1.82, 2.24) is 9.88 Å². The van der Waals surface area contributed by atoms with Gasteiger partial charge in [-0.05, 0) is 25.0 Å². The zero-order valence-electron chi connectivity index (χ0n) is 10.4. The van der Waals surface area contributed by atoms with Crippen molar-refractivity contribution in [2.75, 3.05) is 13.6 Å². The first-order valence-corrected chi connectivity index (χ1v) is 6.47. The number of hydrogen-bond acceptors (Lipinski definition) is 3. The van der Waals surface area contributed by atoms with Gasteiger partial charge in [0.05, 0.1) is 5.60 Å². The fourth-order valence-corrected chi connectivity index (χ4v) is 2.58. The molecule has 1 amide bonds. The topological polar surface area (TPSA) is 53.4 Å². The summed E-state index contributed by atoms with van der Waals surface area (Å²) in [6.07, 6.45) is 5.07. The molecule has 98 valence electrons. The van der Waals surface area contributed by atoms with Crippen molar-refractivity contribution in [3.05, 3.63) is 29.0 Å². The van der Waals surface area contributed by atoms with Crippen LogP contribution in [0.1, 0.15) is 36.2 Å². The van der Waals surface area contributed by atoms with Gasteiger partial charge in [-0.1, -0.05) is 24.4 Å². The molecule has 18 heavy (non-hydrogen) atoms. The van der Waals surface area contributed by atoms with Gasteiger partial charge < -0.3 is 10.0 Å². The van der Waals surface area contributed by atoms with Gasteiger partial charge in [0.2, 0.25) is 0 Å². The molecular weight excluding hydrogens is 252 g/mol. The Labute approximate surface area is 112 Å². The predicted molar refractivity (Wildman–Crippen MR) is 69.6 cm³/mol. The summed E-state index contributed by atoms with van der Waals surface area (Å²) < 4.78 is 0. The number of carbonyl (C=O) groups excluding carboxylic acids is 1. The minimum atomic E-state index is -0.733. The van der Waals surface area contributed by atoms with E-state index in [-0.39, 0.29) is 5.91 Å². The van der Waals surface area contributed by atoms with E-state index in [0.717, 1.165) is 25.7 Å². The van der Waals surface area contributed by atoms with E-state index in [0.29, 0.717) is 17.3 Å². The third-order valence-electron chi connectivity index (χ3n) is 3.35. The van der Waals surface area contributed by atoms with Crippen molar-refractivity contribution in [1.29, 1.82) is 0 Å². The third kappa shape index (κ3) is 3.00. The summed E-state index contributed by atoms with van der Waals surface area (Å²) in [5.41, 5.74) is -0.421. The van der Waals surface area contributed by atoms with Crippen LogP contribution < -0.4 is 0 Å². The highest BCUT2D eigenvalue weighted by molar-refractivity contribution is 6.30. The van der Waals surface area contributed by atoms with Crippen LogP contribution in [0.2, 0.25) is 5.02 Å². The lowest BCUT2D eigenvalue weighted by atomic mass is 10.0. The highest BCUT2D eigenvalue weighted by Crippen LogP contribution is 2.30. The van der Waals surface area contributed by atoms with Gasteiger partial charge in [-0.2, -0.15) is 0 Å². The normalized spacial score (nSPS) is 17.7. The van der Waals surface area contributed by atoms with Gasteiger partial charge in [0, 0.05) is 24.8 Å². The van der Waals surface area contributed by atoms with E-state index in [1.165, 1.54) is 11.1 Å². The summed E-state index contributed by atoms with van der Waals surface area (Å²) in [5, 5.41) is 10.8. The molecule has 1 aromatic rings. The monoisotopic (exact) mass is 268 g/mol. The van der Waals surface area contributed by atoms with Crippen LogP contribution in [-0.4, -0.2) is 40.1 Å². The molecule has 1 aromatic heterocycles. The van der Waals surface area contributed by atoms with Crippen LogP contribution >= 0.6 is 11.6 Å². The summed E-state index contributed by atoms with van der Waals surface area (Å²) in [5.74, 6) is -0.210. The van der Waals surface area contributed by atoms with Gasteiger partial charge in [0.15, 0.2) is 0 Å². The molecular formula is C13H17ClN2O2. The molecule has 0 aromatic carbocycles. The molecule has 0 bridgehead atoms. The van der Waals surface area contributed by atoms with Crippen molar-refractivity contribution in [3.63, 3.8) is 0 Å². The molecule has 2 rings (SSSR count). The van der Waals surface area contributed by atoms with E-state index in [9.17, 15) is 9.90 Å². The second kappa shape index (κ2) is 5.24. The zero-order valence-corrected chi connectivity index (χ0v) is 11.2. The molecule has 5 heteroatoms. The Morgan fingerprint density at radius 2 is 2.22 bits per heavy atom. The lowest BCUT2D eigenvalue weighted by Gasteiger charge is -2.28. The van der Waals surface area contributed by atoms with Gasteiger partial charge in [0.1, 0.15) is 5.69 Å². The number of aliphatic hydroxyl groups is 1. The van der Waals surface area contributed by atoms with E-state index in [4.69, 9.17) is 11.6 Å². The Kier molecular flexibility index (Phi) is 3.88. The number of nitrogens with zero attached hydrogens (tertiary/aromatic N) is 2. The van der Waals surface area contributed by atoms with Gasteiger partial charge >= 0.3 is 0 Å². The Morgan fingerprint density at radius 1 is 1.56 bits per heavy atom. The van der Waals surface area contributed by atoms with E-state index in [1.807, 2.05) is 0 Å². The average Bonchev–Trinajstić information content (AvgIpc) is 2.74. The first-order chi connectivity index (χ1) is 8.50. The summed E-state index contributed by atoms with van der Waals surface area (Å²) in [4.78, 5) is 17.6. The summed E-state index contributed by atoms with van der Waals surface area (Å²) >= 11 is 5.83. The number of amides is 1. The number of hydrogen-bond donors (Lipinski definition) is 1. The first-order valence-electron chi connectivity index (χ1n) is 6.10. The smallest absolute Gasteiger partial charge is 0.272 e. The number of carbonyl (C=O) groups is 1. The number of halogens is 1. The molecule has 1 heterocycles. The average molecular weight is 269 g/mol. The number of likely N-dealkylation sites (N-methyl/N-ethyl adjacent to an activating group) is 1. The van der Waals surface area contributed by atoms with Gasteiger partial charge in [-0.15, -0.1) is 0 Å². The molecule has 4 nitrogen and oxygen atoms in total. The lowest BCUT2D eigenvalue weighted by molar-refractivity contribution is 0.0155. The lowest BCUT2D eigenvalue weighted by Crippen LogP contribution is -2.42. The summed E-state index contributed by atoms with van der Waals surface area (Å²) in [6.45, 7) is 0.347. The van der Waals surface area contributed by atoms with Gasteiger partial charge in [0.25, 0.3) is 5.91 Å². The van der Waals surface area contributed by atoms with Crippen LogP contribution in [0.4, 0.5) is 0 Å². The van der Waals surface area contributed by atoms with E-state index in [1.54, 1.807) is 19.2 Å². The van der Waals surface area contributed by atoms with Crippen LogP contribution in [0.5, 0.6) is 0 Å². The van der Waals surface area contributed by atoms with Crippen LogP contribution in [-0.2, 0) is 0 Å². The largest absolute Gasteiger partial charge is 0.388 e. The van der Waals surface area contributed by atoms with Crippen molar-refractivity contribution >= 4 is 17.5 Å². The van der Waals surface area contributed by atoms with Crippen molar-refractivity contribution in [2.24, 2.45) is 0 Å². The first kappa shape index (κ1) is 13.3. The number of rotatable bonds is 3. The van der Waals surface area contributed by atoms with Crippen LogP contribution in [0.25, 0.3) is 0 Å². The maximum Gasteiger partial charge on any atom is 0.272 e. The van der Waals surface area contributed by atoms with Gasteiger partial charge in [-0.25, -0.2) is 0 Å². The fourth-order valence-electron chi connectivity index (χ4n) is 2.42. The predicted octanol–water partition coefficient (Wildman–Crippen LogP) is 2.11. The molecule has 0 atom stereocenters. The van der Waals surface area contributed by atoms with E-state index >= 15 is 0 Å². The molecule has 1 aliphatic carbocycles. The molecule has 0 unspecified atom stereocenters. The van der Waals surface area contributed by atoms with Crippen LogP contribution in [0.3, 0.4) is 0 Å². The number of pyridine rings is 1. The SMILES string of the molecule is CN(CC1(O)CCCC1)C(=O)c1cc(Cl)ccn1. The second-order valence-corrected chi connectivity index (χ2v) is 5.39. The second-order valence-electron chi connectivity index (χ2n) is 4.95. The van der Waals surface area contributed by atoms with Crippen molar-refractivity contribution in [3.8, 4) is 0 Å². The molecule has 1 N–H and O–H groups in total. The molecule has 1 saturated carbocycles. The van der Waals surface area contributed by atoms with Crippen molar-refractivity contribution in [2.45, 2.75) is 31.3 Å². The molecule has 1 aliphatic rings. The highest BCUT2D eigenvalue weighted by Gasteiger charge is 2.33. The van der Waals surface area contributed by atoms with Gasteiger partial charge in [-0.3, -0.25) is 9.78 Å². The Morgan fingerprint density at radius 3 is 2.83 bits per heavy atom. The molecule has 1 fully saturated rings. The Balaban J connectivity index is 2.04. The Hall–Kier alpha value is -1.13. The maximum absolute atomic E-state index is 12.1. The zero-order chi connectivity index (χ0) is 13.2. The molecule has 0 saturated heterocycles. The highest BCUT2D eigenvalue weighted by atomic mass is 35.5. The molecule has 0 radical (unpaired) electrons. The standard InChI is InChI=1S/C13H17ClN2O2/c1-16(9-13(18)5-2-3-6-13)12(17)11-8-10(14)4-7-15-11/h4,7-8,18H,2-3,5-6,9H2,1H3. The quantitative estimate of drug-likeness (QED) is 0.914. The van der Waals surface area contributed by atoms with Crippen LogP contribution in [0, 0.1) is 0 Å². The minimum Gasteiger partial charge on any atom is -0.388 e. The summed E-state index contributed by atoms with van der Waals surface area (Å²) in [6, 6.07) is 3.17. The molecule has 0 spiro atoms. The fraction of sp³-hybridized carbons (Fsp3) is 0.538. The van der Waals surface area contributed by atoms with E-state index in [2.05, 4.69) is 4.98 Å². The molecule has 0 aliphatic heterocycles. The van der Waals surface area contributed by atoms with Crippen LogP contribution in [0.15, 0.2) is 18.3 Å². The Bertz CT molecular complexity index is 444. The minimum absolute atomic E-state index is 0.210. The third-order valence-corrected chi connectivity index (χ3v) is 3.59. The number of aromatic nitrogens is 1. The maximum atomic E-state index is 12.1. The van der Waals surface area contributed by atoms with Crippen molar-refractivity contribution < 1.29 is 9.90 Å². The van der Waals surface area contributed by atoms with E-state index < -0.39 is 5.60 Å².